The molecule has 0 aromatic heterocycles. The Hall–Kier alpha value is -1.02. The van der Waals surface area contributed by atoms with E-state index < -0.39 is 5.60 Å². The standard InChI is InChI=1S/C17H28O2/c1-6-7-13(2)12-19-16-10-8-15(9-11-16)14(3)17(4,5)18/h8-11,13-14,18H,6-7,12H2,1-5H3/t13?,14-/m1/s1. The van der Waals surface area contributed by atoms with Gasteiger partial charge in [-0.2, -0.15) is 0 Å². The molecule has 0 heterocycles. The summed E-state index contributed by atoms with van der Waals surface area (Å²) in [5.74, 6) is 1.62. The highest BCUT2D eigenvalue weighted by atomic mass is 16.5. The molecule has 0 spiro atoms. The number of ether oxygens (including phenoxy) is 1. The van der Waals surface area contributed by atoms with Gasteiger partial charge in [0.05, 0.1) is 12.2 Å². The quantitative estimate of drug-likeness (QED) is 0.792. The van der Waals surface area contributed by atoms with E-state index in [2.05, 4.69) is 13.8 Å². The van der Waals surface area contributed by atoms with Crippen LogP contribution in [0.1, 0.15) is 58.9 Å². The normalized spacial score (nSPS) is 15.1. The molecular formula is C17H28O2. The van der Waals surface area contributed by atoms with Crippen LogP contribution in [-0.4, -0.2) is 17.3 Å². The third-order valence-electron chi connectivity index (χ3n) is 3.76. The minimum Gasteiger partial charge on any atom is -0.493 e. The first-order valence-corrected chi connectivity index (χ1v) is 7.29. The summed E-state index contributed by atoms with van der Waals surface area (Å²) in [5, 5.41) is 10.0. The highest BCUT2D eigenvalue weighted by molar-refractivity contribution is 5.30. The third kappa shape index (κ3) is 5.23. The van der Waals surface area contributed by atoms with Gasteiger partial charge in [-0.1, -0.05) is 39.3 Å². The molecule has 19 heavy (non-hydrogen) atoms. The molecule has 0 bridgehead atoms. The minimum atomic E-state index is -0.696. The second-order valence-electron chi connectivity index (χ2n) is 6.15. The molecule has 0 amide bonds. The van der Waals surface area contributed by atoms with Crippen molar-refractivity contribution < 1.29 is 9.84 Å². The summed E-state index contributed by atoms with van der Waals surface area (Å²) < 4.78 is 5.78. The molecule has 0 fully saturated rings. The van der Waals surface area contributed by atoms with Crippen LogP contribution in [0, 0.1) is 5.92 Å². The number of benzene rings is 1. The Balaban J connectivity index is 2.57. The Bertz CT molecular complexity index is 362. The van der Waals surface area contributed by atoms with E-state index in [1.165, 1.54) is 12.8 Å². The Labute approximate surface area is 117 Å². The van der Waals surface area contributed by atoms with Gasteiger partial charge in [0, 0.05) is 5.92 Å². The maximum atomic E-state index is 10.0. The highest BCUT2D eigenvalue weighted by Gasteiger charge is 2.23. The average molecular weight is 264 g/mol. The van der Waals surface area contributed by atoms with Gasteiger partial charge in [0.15, 0.2) is 0 Å². The van der Waals surface area contributed by atoms with E-state index in [-0.39, 0.29) is 5.92 Å². The molecule has 0 aliphatic carbocycles. The molecule has 0 radical (unpaired) electrons. The fourth-order valence-corrected chi connectivity index (χ4v) is 2.08. The van der Waals surface area contributed by atoms with Gasteiger partial charge < -0.3 is 9.84 Å². The molecule has 2 atom stereocenters. The zero-order chi connectivity index (χ0) is 14.5. The predicted molar refractivity (Wildman–Crippen MR) is 80.7 cm³/mol. The van der Waals surface area contributed by atoms with Gasteiger partial charge in [-0.3, -0.25) is 0 Å². The van der Waals surface area contributed by atoms with Crippen molar-refractivity contribution in [1.29, 1.82) is 0 Å². The van der Waals surface area contributed by atoms with Crippen molar-refractivity contribution in [3.8, 4) is 5.75 Å². The smallest absolute Gasteiger partial charge is 0.119 e. The maximum absolute atomic E-state index is 10.0. The van der Waals surface area contributed by atoms with Gasteiger partial charge in [-0.15, -0.1) is 0 Å². The summed E-state index contributed by atoms with van der Waals surface area (Å²) in [6, 6.07) is 8.08. The lowest BCUT2D eigenvalue weighted by Crippen LogP contribution is -2.26. The van der Waals surface area contributed by atoms with Crippen LogP contribution >= 0.6 is 0 Å². The molecule has 2 heteroatoms. The van der Waals surface area contributed by atoms with Crippen molar-refractivity contribution in [2.45, 2.75) is 59.0 Å². The fraction of sp³-hybridized carbons (Fsp3) is 0.647. The first-order valence-electron chi connectivity index (χ1n) is 7.29. The fourth-order valence-electron chi connectivity index (χ4n) is 2.08. The van der Waals surface area contributed by atoms with E-state index in [1.807, 2.05) is 45.0 Å². The van der Waals surface area contributed by atoms with E-state index in [0.29, 0.717) is 5.92 Å². The summed E-state index contributed by atoms with van der Waals surface area (Å²) >= 11 is 0. The van der Waals surface area contributed by atoms with E-state index in [9.17, 15) is 5.11 Å². The Morgan fingerprint density at radius 1 is 1.16 bits per heavy atom. The van der Waals surface area contributed by atoms with Gasteiger partial charge >= 0.3 is 0 Å². The summed E-state index contributed by atoms with van der Waals surface area (Å²) in [4.78, 5) is 0. The van der Waals surface area contributed by atoms with Crippen molar-refractivity contribution in [3.05, 3.63) is 29.8 Å². The van der Waals surface area contributed by atoms with Crippen LogP contribution in [0.25, 0.3) is 0 Å². The zero-order valence-electron chi connectivity index (χ0n) is 12.9. The van der Waals surface area contributed by atoms with Crippen molar-refractivity contribution in [3.63, 3.8) is 0 Å². The van der Waals surface area contributed by atoms with Crippen molar-refractivity contribution in [2.75, 3.05) is 6.61 Å². The van der Waals surface area contributed by atoms with Crippen LogP contribution in [-0.2, 0) is 0 Å². The molecule has 2 nitrogen and oxygen atoms in total. The second kappa shape index (κ2) is 6.95. The number of hydrogen-bond acceptors (Lipinski definition) is 2. The van der Waals surface area contributed by atoms with Gasteiger partial charge in [-0.05, 0) is 43.9 Å². The van der Waals surface area contributed by atoms with Crippen molar-refractivity contribution in [1.82, 2.24) is 0 Å². The number of hydrogen-bond donors (Lipinski definition) is 1. The third-order valence-corrected chi connectivity index (χ3v) is 3.76. The first kappa shape index (κ1) is 16.0. The first-order chi connectivity index (χ1) is 8.84. The summed E-state index contributed by atoms with van der Waals surface area (Å²) in [6.07, 6.45) is 2.40. The van der Waals surface area contributed by atoms with Crippen LogP contribution in [0.2, 0.25) is 0 Å². The van der Waals surface area contributed by atoms with Gasteiger partial charge in [-0.25, -0.2) is 0 Å². The van der Waals surface area contributed by atoms with E-state index in [0.717, 1.165) is 17.9 Å². The van der Waals surface area contributed by atoms with Gasteiger partial charge in [0.25, 0.3) is 0 Å². The molecule has 1 aromatic carbocycles. The van der Waals surface area contributed by atoms with Crippen LogP contribution in [0.15, 0.2) is 24.3 Å². The van der Waals surface area contributed by atoms with Gasteiger partial charge in [0.1, 0.15) is 5.75 Å². The molecule has 0 saturated carbocycles. The van der Waals surface area contributed by atoms with Crippen LogP contribution in [0.5, 0.6) is 5.75 Å². The Kier molecular flexibility index (Phi) is 5.86. The molecular weight excluding hydrogens is 236 g/mol. The molecule has 1 aromatic rings. The van der Waals surface area contributed by atoms with Crippen LogP contribution < -0.4 is 4.74 Å². The van der Waals surface area contributed by atoms with E-state index in [1.54, 1.807) is 0 Å². The van der Waals surface area contributed by atoms with E-state index in [4.69, 9.17) is 4.74 Å². The largest absolute Gasteiger partial charge is 0.493 e. The Morgan fingerprint density at radius 2 is 1.74 bits per heavy atom. The zero-order valence-corrected chi connectivity index (χ0v) is 12.9. The predicted octanol–water partition coefficient (Wildman–Crippen LogP) is 4.38. The maximum Gasteiger partial charge on any atom is 0.119 e. The molecule has 0 aliphatic heterocycles. The lowest BCUT2D eigenvalue weighted by Gasteiger charge is -2.26. The van der Waals surface area contributed by atoms with Crippen molar-refractivity contribution >= 4 is 0 Å². The monoisotopic (exact) mass is 264 g/mol. The van der Waals surface area contributed by atoms with Crippen molar-refractivity contribution in [2.24, 2.45) is 5.92 Å². The summed E-state index contributed by atoms with van der Waals surface area (Å²) in [6.45, 7) is 10.9. The van der Waals surface area contributed by atoms with Crippen LogP contribution in [0.4, 0.5) is 0 Å². The average Bonchev–Trinajstić information content (AvgIpc) is 2.35. The molecule has 1 N–H and O–H groups in total. The summed E-state index contributed by atoms with van der Waals surface area (Å²) in [7, 11) is 0. The minimum absolute atomic E-state index is 0.112. The Morgan fingerprint density at radius 3 is 2.21 bits per heavy atom. The molecule has 108 valence electrons. The molecule has 0 aliphatic rings. The second-order valence-corrected chi connectivity index (χ2v) is 6.15. The SMILES string of the molecule is CCCC(C)COc1ccc([C@@H](C)C(C)(C)O)cc1. The molecule has 0 saturated heterocycles. The van der Waals surface area contributed by atoms with Gasteiger partial charge in [0.2, 0.25) is 0 Å². The lowest BCUT2D eigenvalue weighted by atomic mass is 9.86. The summed E-state index contributed by atoms with van der Waals surface area (Å²) in [5.41, 5.74) is 0.444. The highest BCUT2D eigenvalue weighted by Crippen LogP contribution is 2.28. The van der Waals surface area contributed by atoms with E-state index >= 15 is 0 Å². The molecule has 1 rings (SSSR count). The number of rotatable bonds is 7. The topological polar surface area (TPSA) is 29.5 Å². The molecule has 1 unspecified atom stereocenters. The lowest BCUT2D eigenvalue weighted by molar-refractivity contribution is 0.0558. The number of aliphatic hydroxyl groups is 1. The van der Waals surface area contributed by atoms with Crippen LogP contribution in [0.3, 0.4) is 0 Å².